The highest BCUT2D eigenvalue weighted by Gasteiger charge is 2.17. The molecule has 1 atom stereocenters. The fourth-order valence-electron chi connectivity index (χ4n) is 0.901. The molecule has 94 valence electrons. The highest BCUT2D eigenvalue weighted by atomic mass is 35.5. The normalized spacial score (nSPS) is 12.3. The lowest BCUT2D eigenvalue weighted by molar-refractivity contribution is -0.154. The molecule has 0 aromatic carbocycles. The fourth-order valence-corrected chi connectivity index (χ4v) is 1.07. The van der Waals surface area contributed by atoms with Gasteiger partial charge in [-0.05, 0) is 5.92 Å². The van der Waals surface area contributed by atoms with Crippen molar-refractivity contribution in [2.45, 2.75) is 39.7 Å². The second kappa shape index (κ2) is 8.39. The maximum absolute atomic E-state index is 11.3. The number of carbonyl (C=O) groups is 2. The van der Waals surface area contributed by atoms with Gasteiger partial charge in [0.2, 0.25) is 0 Å². The Morgan fingerprint density at radius 2 is 1.88 bits per heavy atom. The van der Waals surface area contributed by atoms with Crippen molar-refractivity contribution in [3.8, 4) is 0 Å². The third-order valence-corrected chi connectivity index (χ3v) is 2.08. The molecule has 0 N–H and O–H groups in total. The van der Waals surface area contributed by atoms with E-state index in [-0.39, 0.29) is 36.6 Å². The summed E-state index contributed by atoms with van der Waals surface area (Å²) < 4.78 is 9.92. The Balaban J connectivity index is 3.92. The molecule has 0 saturated carbocycles. The lowest BCUT2D eigenvalue weighted by atomic mass is 10.2. The van der Waals surface area contributed by atoms with E-state index in [2.05, 4.69) is 0 Å². The zero-order chi connectivity index (χ0) is 12.6. The van der Waals surface area contributed by atoms with Crippen LogP contribution in [0.25, 0.3) is 0 Å². The second-order valence-corrected chi connectivity index (χ2v) is 4.21. The zero-order valence-electron chi connectivity index (χ0n) is 9.99. The number of halogens is 1. The van der Waals surface area contributed by atoms with Gasteiger partial charge in [0, 0.05) is 6.42 Å². The third-order valence-electron chi connectivity index (χ3n) is 1.73. The Kier molecular flexibility index (Phi) is 7.99. The molecule has 0 heterocycles. The molecule has 1 unspecified atom stereocenters. The van der Waals surface area contributed by atoms with Gasteiger partial charge >= 0.3 is 11.9 Å². The maximum Gasteiger partial charge on any atom is 0.309 e. The smallest absolute Gasteiger partial charge is 0.309 e. The molecule has 0 radical (unpaired) electrons. The first-order chi connectivity index (χ1) is 7.49. The number of hydrogen-bond acceptors (Lipinski definition) is 4. The summed E-state index contributed by atoms with van der Waals surface area (Å²) in [6.07, 6.45) is -0.301. The van der Waals surface area contributed by atoms with Crippen LogP contribution >= 0.6 is 11.6 Å². The van der Waals surface area contributed by atoms with Crippen molar-refractivity contribution < 1.29 is 19.1 Å². The minimum Gasteiger partial charge on any atom is -0.465 e. The van der Waals surface area contributed by atoms with Crippen LogP contribution in [0.1, 0.15) is 33.6 Å². The van der Waals surface area contributed by atoms with Gasteiger partial charge < -0.3 is 9.47 Å². The lowest BCUT2D eigenvalue weighted by Gasteiger charge is -2.14. The van der Waals surface area contributed by atoms with Gasteiger partial charge in [-0.2, -0.15) is 0 Å². The van der Waals surface area contributed by atoms with Crippen LogP contribution in [0.5, 0.6) is 0 Å². The number of esters is 2. The van der Waals surface area contributed by atoms with E-state index in [0.29, 0.717) is 6.61 Å². The molecule has 0 saturated heterocycles. The predicted molar refractivity (Wildman–Crippen MR) is 61.3 cm³/mol. The number of ether oxygens (including phenoxy) is 2. The standard InChI is InChI=1S/C11H19ClO4/c1-4-10(13)16-9(6-12)5-11(14)15-7-8(2)3/h8-9H,4-7H2,1-3H3. The van der Waals surface area contributed by atoms with E-state index in [1.165, 1.54) is 0 Å². The van der Waals surface area contributed by atoms with Gasteiger partial charge in [-0.15, -0.1) is 11.6 Å². The van der Waals surface area contributed by atoms with E-state index < -0.39 is 6.10 Å². The molecular formula is C11H19ClO4. The van der Waals surface area contributed by atoms with Crippen LogP contribution in [0.3, 0.4) is 0 Å². The van der Waals surface area contributed by atoms with Crippen molar-refractivity contribution in [2.75, 3.05) is 12.5 Å². The van der Waals surface area contributed by atoms with Crippen LogP contribution in [0.4, 0.5) is 0 Å². The van der Waals surface area contributed by atoms with Gasteiger partial charge in [0.1, 0.15) is 6.10 Å². The van der Waals surface area contributed by atoms with Gasteiger partial charge in [0.05, 0.1) is 18.9 Å². The third kappa shape index (κ3) is 7.51. The Morgan fingerprint density at radius 1 is 1.25 bits per heavy atom. The van der Waals surface area contributed by atoms with Crippen LogP contribution < -0.4 is 0 Å². The van der Waals surface area contributed by atoms with Crippen molar-refractivity contribution in [2.24, 2.45) is 5.92 Å². The summed E-state index contributed by atoms with van der Waals surface area (Å²) in [6, 6.07) is 0. The van der Waals surface area contributed by atoms with Crippen molar-refractivity contribution >= 4 is 23.5 Å². The van der Waals surface area contributed by atoms with Crippen LogP contribution in [-0.4, -0.2) is 30.5 Å². The van der Waals surface area contributed by atoms with Gasteiger partial charge in [0.25, 0.3) is 0 Å². The number of alkyl halides is 1. The number of rotatable bonds is 7. The van der Waals surface area contributed by atoms with Crippen molar-refractivity contribution in [1.82, 2.24) is 0 Å². The maximum atomic E-state index is 11.3. The summed E-state index contributed by atoms with van der Waals surface area (Å²) in [5.74, 6) is -0.357. The average Bonchev–Trinajstić information content (AvgIpc) is 2.25. The number of hydrogen-bond donors (Lipinski definition) is 0. The number of carbonyl (C=O) groups excluding carboxylic acids is 2. The summed E-state index contributed by atoms with van der Waals surface area (Å²) in [4.78, 5) is 22.3. The van der Waals surface area contributed by atoms with Crippen LogP contribution in [0, 0.1) is 5.92 Å². The molecule has 0 spiro atoms. The van der Waals surface area contributed by atoms with Crippen LogP contribution in [0.2, 0.25) is 0 Å². The molecule has 0 aliphatic heterocycles. The molecule has 0 aromatic rings. The van der Waals surface area contributed by atoms with E-state index in [9.17, 15) is 9.59 Å². The molecule has 0 aliphatic rings. The Bertz CT molecular complexity index is 228. The van der Waals surface area contributed by atoms with E-state index in [1.807, 2.05) is 13.8 Å². The van der Waals surface area contributed by atoms with Crippen LogP contribution in [0.15, 0.2) is 0 Å². The highest BCUT2D eigenvalue weighted by Crippen LogP contribution is 2.06. The summed E-state index contributed by atoms with van der Waals surface area (Å²) in [5.41, 5.74) is 0. The molecular weight excluding hydrogens is 232 g/mol. The molecule has 0 rings (SSSR count). The highest BCUT2D eigenvalue weighted by molar-refractivity contribution is 6.18. The Morgan fingerprint density at radius 3 is 2.31 bits per heavy atom. The van der Waals surface area contributed by atoms with Gasteiger partial charge in [0.15, 0.2) is 0 Å². The second-order valence-electron chi connectivity index (χ2n) is 3.90. The van der Waals surface area contributed by atoms with Crippen molar-refractivity contribution in [3.63, 3.8) is 0 Å². The summed E-state index contributed by atoms with van der Waals surface area (Å²) in [5, 5.41) is 0. The lowest BCUT2D eigenvalue weighted by Crippen LogP contribution is -2.24. The Labute approximate surface area is 101 Å². The topological polar surface area (TPSA) is 52.6 Å². The minimum absolute atomic E-state index is 0.0158. The zero-order valence-corrected chi connectivity index (χ0v) is 10.8. The van der Waals surface area contributed by atoms with E-state index in [0.717, 1.165) is 0 Å². The van der Waals surface area contributed by atoms with E-state index in [1.54, 1.807) is 6.92 Å². The van der Waals surface area contributed by atoms with Crippen molar-refractivity contribution in [1.29, 1.82) is 0 Å². The first-order valence-corrected chi connectivity index (χ1v) is 5.94. The largest absolute Gasteiger partial charge is 0.465 e. The predicted octanol–water partition coefficient (Wildman–Crippen LogP) is 2.14. The molecule has 5 heteroatoms. The molecule has 0 fully saturated rings. The van der Waals surface area contributed by atoms with Crippen molar-refractivity contribution in [3.05, 3.63) is 0 Å². The Hall–Kier alpha value is -0.770. The minimum atomic E-state index is -0.589. The molecule has 0 amide bonds. The summed E-state index contributed by atoms with van der Waals surface area (Å²) >= 11 is 5.59. The quantitative estimate of drug-likeness (QED) is 0.513. The molecule has 0 aromatic heterocycles. The summed E-state index contributed by atoms with van der Waals surface area (Å²) in [7, 11) is 0. The average molecular weight is 251 g/mol. The van der Waals surface area contributed by atoms with Gasteiger partial charge in [-0.25, -0.2) is 0 Å². The first kappa shape index (κ1) is 15.2. The van der Waals surface area contributed by atoms with E-state index >= 15 is 0 Å². The first-order valence-electron chi connectivity index (χ1n) is 5.40. The fraction of sp³-hybridized carbons (Fsp3) is 0.818. The molecule has 4 nitrogen and oxygen atoms in total. The monoisotopic (exact) mass is 250 g/mol. The summed E-state index contributed by atoms with van der Waals surface area (Å²) in [6.45, 7) is 5.95. The van der Waals surface area contributed by atoms with Crippen LogP contribution in [-0.2, 0) is 19.1 Å². The molecule has 16 heavy (non-hydrogen) atoms. The SMILES string of the molecule is CCC(=O)OC(CCl)CC(=O)OCC(C)C. The molecule has 0 aliphatic carbocycles. The van der Waals surface area contributed by atoms with Gasteiger partial charge in [-0.3, -0.25) is 9.59 Å². The van der Waals surface area contributed by atoms with E-state index in [4.69, 9.17) is 21.1 Å². The molecule has 0 bridgehead atoms. The van der Waals surface area contributed by atoms with Gasteiger partial charge in [-0.1, -0.05) is 20.8 Å².